The number of nitro groups is 1. The SMILES string of the molecule is CC1CCN(c2c(Br)cccc2[N+](=O)[O-])CC1. The molecule has 0 spiro atoms. The first-order valence-corrected chi connectivity index (χ1v) is 6.56. The highest BCUT2D eigenvalue weighted by Crippen LogP contribution is 2.37. The largest absolute Gasteiger partial charge is 0.365 e. The number of hydrogen-bond acceptors (Lipinski definition) is 3. The average Bonchev–Trinajstić information content (AvgIpc) is 2.30. The molecule has 1 heterocycles. The number of anilines is 1. The van der Waals surface area contributed by atoms with Gasteiger partial charge in [0.2, 0.25) is 0 Å². The Morgan fingerprint density at radius 2 is 2.06 bits per heavy atom. The van der Waals surface area contributed by atoms with Gasteiger partial charge >= 0.3 is 0 Å². The van der Waals surface area contributed by atoms with Crippen LogP contribution in [0.15, 0.2) is 22.7 Å². The monoisotopic (exact) mass is 298 g/mol. The lowest BCUT2D eigenvalue weighted by atomic mass is 9.98. The van der Waals surface area contributed by atoms with Crippen molar-refractivity contribution in [3.05, 3.63) is 32.8 Å². The Morgan fingerprint density at radius 1 is 1.41 bits per heavy atom. The number of nitro benzene ring substituents is 1. The summed E-state index contributed by atoms with van der Waals surface area (Å²) >= 11 is 3.42. The molecule has 0 unspecified atom stereocenters. The van der Waals surface area contributed by atoms with Crippen LogP contribution in [0.3, 0.4) is 0 Å². The van der Waals surface area contributed by atoms with Crippen molar-refractivity contribution in [1.29, 1.82) is 0 Å². The summed E-state index contributed by atoms with van der Waals surface area (Å²) in [5, 5.41) is 11.0. The van der Waals surface area contributed by atoms with Crippen molar-refractivity contribution in [1.82, 2.24) is 0 Å². The van der Waals surface area contributed by atoms with Crippen LogP contribution >= 0.6 is 15.9 Å². The van der Waals surface area contributed by atoms with E-state index in [4.69, 9.17) is 0 Å². The fourth-order valence-electron chi connectivity index (χ4n) is 2.20. The molecule has 17 heavy (non-hydrogen) atoms. The maximum Gasteiger partial charge on any atom is 0.293 e. The summed E-state index contributed by atoms with van der Waals surface area (Å²) < 4.78 is 0.807. The van der Waals surface area contributed by atoms with Gasteiger partial charge in [0.1, 0.15) is 5.69 Å². The second-order valence-electron chi connectivity index (χ2n) is 4.53. The molecular formula is C12H15BrN2O2. The zero-order valence-electron chi connectivity index (χ0n) is 9.73. The van der Waals surface area contributed by atoms with Gasteiger partial charge in [0.25, 0.3) is 5.69 Å². The molecule has 0 N–H and O–H groups in total. The van der Waals surface area contributed by atoms with Crippen molar-refractivity contribution in [3.8, 4) is 0 Å². The van der Waals surface area contributed by atoms with E-state index in [0.29, 0.717) is 5.92 Å². The molecule has 0 aliphatic carbocycles. The van der Waals surface area contributed by atoms with Crippen LogP contribution < -0.4 is 4.90 Å². The van der Waals surface area contributed by atoms with Crippen LogP contribution in [-0.2, 0) is 0 Å². The number of piperidine rings is 1. The van der Waals surface area contributed by atoms with E-state index >= 15 is 0 Å². The summed E-state index contributed by atoms with van der Waals surface area (Å²) in [6.45, 7) is 4.01. The minimum Gasteiger partial charge on any atom is -0.365 e. The van der Waals surface area contributed by atoms with Crippen molar-refractivity contribution in [2.45, 2.75) is 19.8 Å². The molecule has 0 amide bonds. The molecule has 92 valence electrons. The standard InChI is InChI=1S/C12H15BrN2O2/c1-9-5-7-14(8-6-9)12-10(13)3-2-4-11(12)15(16)17/h2-4,9H,5-8H2,1H3. The summed E-state index contributed by atoms with van der Waals surface area (Å²) in [5.74, 6) is 0.716. The van der Waals surface area contributed by atoms with Gasteiger partial charge in [-0.05, 0) is 40.8 Å². The number of benzene rings is 1. The van der Waals surface area contributed by atoms with Crippen LogP contribution in [0, 0.1) is 16.0 Å². The fraction of sp³-hybridized carbons (Fsp3) is 0.500. The lowest BCUT2D eigenvalue weighted by molar-refractivity contribution is -0.384. The van der Waals surface area contributed by atoms with Gasteiger partial charge in [-0.3, -0.25) is 10.1 Å². The zero-order valence-corrected chi connectivity index (χ0v) is 11.3. The van der Waals surface area contributed by atoms with Gasteiger partial charge in [-0.1, -0.05) is 13.0 Å². The lowest BCUT2D eigenvalue weighted by Crippen LogP contribution is -2.33. The van der Waals surface area contributed by atoms with Crippen LogP contribution in [0.1, 0.15) is 19.8 Å². The smallest absolute Gasteiger partial charge is 0.293 e. The Labute approximate surface area is 109 Å². The third-order valence-corrected chi connectivity index (χ3v) is 3.90. The highest BCUT2D eigenvalue weighted by Gasteiger charge is 2.25. The Balaban J connectivity index is 2.33. The number of halogens is 1. The Bertz CT molecular complexity index is 429. The maximum absolute atomic E-state index is 11.0. The average molecular weight is 299 g/mol. The number of para-hydroxylation sites is 1. The van der Waals surface area contributed by atoms with E-state index in [1.54, 1.807) is 12.1 Å². The van der Waals surface area contributed by atoms with E-state index in [9.17, 15) is 10.1 Å². The third kappa shape index (κ3) is 2.60. The molecule has 4 nitrogen and oxygen atoms in total. The first-order valence-electron chi connectivity index (χ1n) is 5.77. The normalized spacial score (nSPS) is 17.2. The molecule has 1 aliphatic heterocycles. The Hall–Kier alpha value is -1.10. The van der Waals surface area contributed by atoms with Gasteiger partial charge in [0, 0.05) is 23.6 Å². The molecule has 1 fully saturated rings. The summed E-state index contributed by atoms with van der Waals surface area (Å²) in [5.41, 5.74) is 0.915. The minimum atomic E-state index is -0.307. The maximum atomic E-state index is 11.0. The minimum absolute atomic E-state index is 0.189. The van der Waals surface area contributed by atoms with Crippen LogP contribution in [0.25, 0.3) is 0 Å². The van der Waals surface area contributed by atoms with Crippen molar-refractivity contribution in [2.75, 3.05) is 18.0 Å². The van der Waals surface area contributed by atoms with Crippen molar-refractivity contribution in [3.63, 3.8) is 0 Å². The molecule has 0 atom stereocenters. The van der Waals surface area contributed by atoms with Crippen LogP contribution in [0.2, 0.25) is 0 Å². The molecular weight excluding hydrogens is 284 g/mol. The van der Waals surface area contributed by atoms with E-state index in [2.05, 4.69) is 27.8 Å². The topological polar surface area (TPSA) is 46.4 Å². The Morgan fingerprint density at radius 3 is 2.65 bits per heavy atom. The van der Waals surface area contributed by atoms with E-state index in [1.807, 2.05) is 6.07 Å². The molecule has 0 bridgehead atoms. The number of hydrogen-bond donors (Lipinski definition) is 0. The summed E-state index contributed by atoms with van der Waals surface area (Å²) in [6.07, 6.45) is 2.19. The van der Waals surface area contributed by atoms with Gasteiger partial charge in [-0.25, -0.2) is 0 Å². The van der Waals surface area contributed by atoms with Crippen LogP contribution in [0.4, 0.5) is 11.4 Å². The van der Waals surface area contributed by atoms with E-state index in [-0.39, 0.29) is 10.6 Å². The predicted molar refractivity (Wildman–Crippen MR) is 71.4 cm³/mol. The molecule has 2 rings (SSSR count). The fourth-order valence-corrected chi connectivity index (χ4v) is 2.80. The quantitative estimate of drug-likeness (QED) is 0.619. The van der Waals surface area contributed by atoms with Gasteiger partial charge in [-0.15, -0.1) is 0 Å². The summed E-state index contributed by atoms with van der Waals surface area (Å²) in [7, 11) is 0. The highest BCUT2D eigenvalue weighted by atomic mass is 79.9. The first kappa shape index (κ1) is 12.4. The number of rotatable bonds is 2. The Kier molecular flexibility index (Phi) is 3.66. The molecule has 1 aliphatic rings. The second kappa shape index (κ2) is 5.04. The van der Waals surface area contributed by atoms with Crippen molar-refractivity contribution in [2.24, 2.45) is 5.92 Å². The highest BCUT2D eigenvalue weighted by molar-refractivity contribution is 9.10. The van der Waals surface area contributed by atoms with Crippen molar-refractivity contribution < 1.29 is 4.92 Å². The summed E-state index contributed by atoms with van der Waals surface area (Å²) in [4.78, 5) is 12.8. The van der Waals surface area contributed by atoms with Gasteiger partial charge in [-0.2, -0.15) is 0 Å². The molecule has 0 radical (unpaired) electrons. The van der Waals surface area contributed by atoms with Crippen LogP contribution in [-0.4, -0.2) is 18.0 Å². The molecule has 0 saturated carbocycles. The van der Waals surface area contributed by atoms with Gasteiger partial charge in [0.15, 0.2) is 0 Å². The predicted octanol–water partition coefficient (Wildman–Crippen LogP) is 3.59. The number of nitrogens with zero attached hydrogens (tertiary/aromatic N) is 2. The molecule has 1 aromatic carbocycles. The molecule has 5 heteroatoms. The van der Waals surface area contributed by atoms with E-state index in [0.717, 1.165) is 36.1 Å². The third-order valence-electron chi connectivity index (χ3n) is 3.26. The lowest BCUT2D eigenvalue weighted by Gasteiger charge is -2.32. The molecule has 1 aromatic rings. The molecule has 1 saturated heterocycles. The van der Waals surface area contributed by atoms with E-state index < -0.39 is 0 Å². The summed E-state index contributed by atoms with van der Waals surface area (Å²) in [6, 6.07) is 5.14. The van der Waals surface area contributed by atoms with E-state index in [1.165, 1.54) is 0 Å². The second-order valence-corrected chi connectivity index (χ2v) is 5.39. The van der Waals surface area contributed by atoms with Gasteiger partial charge < -0.3 is 4.90 Å². The van der Waals surface area contributed by atoms with Crippen LogP contribution in [0.5, 0.6) is 0 Å². The van der Waals surface area contributed by atoms with Crippen molar-refractivity contribution >= 4 is 27.3 Å². The first-order chi connectivity index (χ1) is 8.09. The zero-order chi connectivity index (χ0) is 12.4. The molecule has 0 aromatic heterocycles. The van der Waals surface area contributed by atoms with Gasteiger partial charge in [0.05, 0.1) is 4.92 Å².